The summed E-state index contributed by atoms with van der Waals surface area (Å²) in [5.74, 6) is -0.0763. The number of ether oxygens (including phenoxy) is 1. The number of nitrogens with one attached hydrogen (secondary N) is 1. The van der Waals surface area contributed by atoms with E-state index in [1.165, 1.54) is 4.90 Å². The van der Waals surface area contributed by atoms with Crippen molar-refractivity contribution >= 4 is 27.5 Å². The van der Waals surface area contributed by atoms with E-state index in [1.807, 2.05) is 39.0 Å². The topological polar surface area (TPSA) is 96.0 Å². The third-order valence-electron chi connectivity index (χ3n) is 6.72. The van der Waals surface area contributed by atoms with Gasteiger partial charge in [-0.1, -0.05) is 61.9 Å². The lowest BCUT2D eigenvalue weighted by atomic mass is 10.1. The average Bonchev–Trinajstić information content (AvgIpc) is 2.95. The van der Waals surface area contributed by atoms with Gasteiger partial charge in [0.2, 0.25) is 11.8 Å². The molecule has 3 rings (SSSR count). The Bertz CT molecular complexity index is 1390. The fourth-order valence-corrected chi connectivity index (χ4v) is 5.89. The molecule has 3 aromatic rings. The summed E-state index contributed by atoms with van der Waals surface area (Å²) in [7, 11) is -2.53. The van der Waals surface area contributed by atoms with Gasteiger partial charge in [-0.3, -0.25) is 13.9 Å². The van der Waals surface area contributed by atoms with Crippen LogP contribution in [0.2, 0.25) is 0 Å². The molecular formula is C31H39N3O5S. The van der Waals surface area contributed by atoms with E-state index >= 15 is 0 Å². The highest BCUT2D eigenvalue weighted by Gasteiger charge is 2.34. The quantitative estimate of drug-likeness (QED) is 0.320. The molecule has 0 spiro atoms. The lowest BCUT2D eigenvalue weighted by molar-refractivity contribution is -0.140. The van der Waals surface area contributed by atoms with Crippen LogP contribution in [0.5, 0.6) is 5.75 Å². The molecule has 1 N–H and O–H groups in total. The largest absolute Gasteiger partial charge is 0.497 e. The minimum Gasteiger partial charge on any atom is -0.497 e. The van der Waals surface area contributed by atoms with Crippen LogP contribution in [0.4, 0.5) is 5.69 Å². The van der Waals surface area contributed by atoms with E-state index in [0.717, 1.165) is 21.9 Å². The first-order chi connectivity index (χ1) is 19.1. The maximum atomic E-state index is 14.1. The predicted molar refractivity (Wildman–Crippen MR) is 158 cm³/mol. The number of methoxy groups -OCH3 is 1. The van der Waals surface area contributed by atoms with E-state index in [9.17, 15) is 18.0 Å². The number of rotatable bonds is 13. The van der Waals surface area contributed by atoms with Gasteiger partial charge in [0.25, 0.3) is 10.0 Å². The van der Waals surface area contributed by atoms with Gasteiger partial charge in [0.1, 0.15) is 18.3 Å². The molecule has 0 aliphatic carbocycles. The van der Waals surface area contributed by atoms with Gasteiger partial charge in [-0.15, -0.1) is 0 Å². The van der Waals surface area contributed by atoms with Gasteiger partial charge in [0, 0.05) is 13.1 Å². The monoisotopic (exact) mass is 565 g/mol. The van der Waals surface area contributed by atoms with Gasteiger partial charge in [0.05, 0.1) is 17.7 Å². The summed E-state index contributed by atoms with van der Waals surface area (Å²) >= 11 is 0. The van der Waals surface area contributed by atoms with Crippen LogP contribution in [-0.4, -0.2) is 51.4 Å². The van der Waals surface area contributed by atoms with Crippen molar-refractivity contribution in [3.05, 3.63) is 89.5 Å². The van der Waals surface area contributed by atoms with Crippen molar-refractivity contribution in [1.29, 1.82) is 0 Å². The molecular weight excluding hydrogens is 526 g/mol. The van der Waals surface area contributed by atoms with E-state index in [2.05, 4.69) is 5.32 Å². The molecule has 0 saturated carbocycles. The second-order valence-corrected chi connectivity index (χ2v) is 11.6. The third-order valence-corrected chi connectivity index (χ3v) is 8.49. The van der Waals surface area contributed by atoms with Crippen molar-refractivity contribution in [3.8, 4) is 5.75 Å². The molecule has 0 fully saturated rings. The number of carbonyl (C=O) groups is 2. The number of hydrogen-bond acceptors (Lipinski definition) is 5. The number of para-hydroxylation sites is 1. The van der Waals surface area contributed by atoms with Gasteiger partial charge in [0.15, 0.2) is 0 Å². The number of anilines is 1. The van der Waals surface area contributed by atoms with Crippen LogP contribution < -0.4 is 14.4 Å². The molecule has 214 valence electrons. The molecule has 0 aliphatic rings. The molecule has 3 aromatic carbocycles. The number of benzene rings is 3. The van der Waals surface area contributed by atoms with E-state index < -0.39 is 28.5 Å². The molecule has 0 unspecified atom stereocenters. The first kappa shape index (κ1) is 30.7. The maximum absolute atomic E-state index is 14.1. The summed E-state index contributed by atoms with van der Waals surface area (Å²) in [6, 6.07) is 20.1. The predicted octanol–water partition coefficient (Wildman–Crippen LogP) is 4.84. The molecule has 0 aromatic heterocycles. The van der Waals surface area contributed by atoms with E-state index in [1.54, 1.807) is 68.6 Å². The molecule has 9 heteroatoms. The van der Waals surface area contributed by atoms with Gasteiger partial charge >= 0.3 is 0 Å². The van der Waals surface area contributed by atoms with Gasteiger partial charge in [-0.05, 0) is 68.1 Å². The molecule has 0 saturated heterocycles. The van der Waals surface area contributed by atoms with Crippen molar-refractivity contribution in [3.63, 3.8) is 0 Å². The first-order valence-electron chi connectivity index (χ1n) is 13.5. The lowest BCUT2D eigenvalue weighted by Crippen LogP contribution is -2.52. The Balaban J connectivity index is 2.05. The number of hydrogen-bond donors (Lipinski definition) is 1. The minimum absolute atomic E-state index is 0.0867. The van der Waals surface area contributed by atoms with Crippen LogP contribution in [0.25, 0.3) is 0 Å². The first-order valence-corrected chi connectivity index (χ1v) is 14.9. The molecule has 1 atom stereocenters. The zero-order chi connectivity index (χ0) is 29.3. The minimum atomic E-state index is -4.10. The molecule has 2 amide bonds. The molecule has 0 aliphatic heterocycles. The van der Waals surface area contributed by atoms with Crippen molar-refractivity contribution < 1.29 is 22.7 Å². The van der Waals surface area contributed by atoms with Crippen molar-refractivity contribution in [2.75, 3.05) is 24.5 Å². The highest BCUT2D eigenvalue weighted by molar-refractivity contribution is 7.92. The fraction of sp³-hybridized carbons (Fsp3) is 0.355. The summed E-state index contributed by atoms with van der Waals surface area (Å²) in [5.41, 5.74) is 2.83. The number of aryl methyl sites for hydroxylation is 2. The van der Waals surface area contributed by atoms with Crippen molar-refractivity contribution in [2.45, 2.75) is 58.0 Å². The highest BCUT2D eigenvalue weighted by Crippen LogP contribution is 2.28. The van der Waals surface area contributed by atoms with E-state index in [4.69, 9.17) is 4.74 Å². The Morgan fingerprint density at radius 2 is 1.57 bits per heavy atom. The Morgan fingerprint density at radius 3 is 2.15 bits per heavy atom. The molecule has 0 heterocycles. The summed E-state index contributed by atoms with van der Waals surface area (Å²) in [6.07, 6.45) is 1.12. The lowest BCUT2D eigenvalue weighted by Gasteiger charge is -2.33. The van der Waals surface area contributed by atoms with Crippen LogP contribution in [-0.2, 0) is 26.2 Å². The smallest absolute Gasteiger partial charge is 0.264 e. The second kappa shape index (κ2) is 14.0. The Kier molecular flexibility index (Phi) is 10.7. The zero-order valence-corrected chi connectivity index (χ0v) is 24.7. The summed E-state index contributed by atoms with van der Waals surface area (Å²) in [6.45, 7) is 7.63. The Labute approximate surface area is 238 Å². The van der Waals surface area contributed by atoms with Crippen LogP contribution in [0.3, 0.4) is 0 Å². The Hall–Kier alpha value is -3.85. The van der Waals surface area contributed by atoms with E-state index in [-0.39, 0.29) is 17.3 Å². The number of nitrogens with zero attached hydrogens (tertiary/aromatic N) is 2. The fourth-order valence-electron chi connectivity index (χ4n) is 4.41. The second-order valence-electron chi connectivity index (χ2n) is 9.70. The third kappa shape index (κ3) is 7.41. The molecule has 0 bridgehead atoms. The average molecular weight is 566 g/mol. The van der Waals surface area contributed by atoms with Gasteiger partial charge in [-0.25, -0.2) is 8.42 Å². The summed E-state index contributed by atoms with van der Waals surface area (Å²) in [5, 5.41) is 2.89. The van der Waals surface area contributed by atoms with Crippen LogP contribution in [0.15, 0.2) is 77.7 Å². The SMILES string of the molecule is CCCNC(=O)[C@H](CC)N(Cc1ccc(OC)cc1)C(=O)CN(c1ccccc1C)S(=O)(=O)c1ccc(C)cc1. The van der Waals surface area contributed by atoms with Crippen LogP contribution >= 0.6 is 0 Å². The molecule has 8 nitrogen and oxygen atoms in total. The van der Waals surface area contributed by atoms with Gasteiger partial charge < -0.3 is 15.0 Å². The van der Waals surface area contributed by atoms with Crippen molar-refractivity contribution in [1.82, 2.24) is 10.2 Å². The maximum Gasteiger partial charge on any atom is 0.264 e. The van der Waals surface area contributed by atoms with Crippen LogP contribution in [0, 0.1) is 13.8 Å². The van der Waals surface area contributed by atoms with E-state index in [0.29, 0.717) is 30.0 Å². The highest BCUT2D eigenvalue weighted by atomic mass is 32.2. The summed E-state index contributed by atoms with van der Waals surface area (Å²) in [4.78, 5) is 28.8. The standard InChI is InChI=1S/C31H39N3O5S/c1-6-20-32-31(36)28(7-2)33(21-25-14-16-26(39-5)17-15-25)30(35)22-34(29-11-9-8-10-24(29)4)40(37,38)27-18-12-23(3)13-19-27/h8-19,28H,6-7,20-22H2,1-5H3,(H,32,36)/t28-/m0/s1. The number of carbonyl (C=O) groups excluding carboxylic acids is 2. The zero-order valence-electron chi connectivity index (χ0n) is 23.9. The van der Waals surface area contributed by atoms with Gasteiger partial charge in [-0.2, -0.15) is 0 Å². The molecule has 0 radical (unpaired) electrons. The Morgan fingerprint density at radius 1 is 0.925 bits per heavy atom. The number of sulfonamides is 1. The van der Waals surface area contributed by atoms with Crippen LogP contribution in [0.1, 0.15) is 43.4 Å². The normalized spacial score (nSPS) is 11.9. The van der Waals surface area contributed by atoms with Crippen molar-refractivity contribution in [2.24, 2.45) is 0 Å². The number of amides is 2. The molecule has 40 heavy (non-hydrogen) atoms. The summed E-state index contributed by atoms with van der Waals surface area (Å²) < 4.78 is 34.3.